The summed E-state index contributed by atoms with van der Waals surface area (Å²) in [6, 6.07) is 6.13. The van der Waals surface area contributed by atoms with Gasteiger partial charge in [-0.3, -0.25) is 9.78 Å². The third-order valence-electron chi connectivity index (χ3n) is 2.71. The summed E-state index contributed by atoms with van der Waals surface area (Å²) in [6.07, 6.45) is 1.07. The number of halogens is 1. The molecule has 116 valence electrons. The third-order valence-corrected chi connectivity index (χ3v) is 2.97. The number of nitrogens with zero attached hydrogens (tertiary/aromatic N) is 2. The van der Waals surface area contributed by atoms with E-state index >= 15 is 0 Å². The molecule has 1 aromatic heterocycles. The molecule has 0 atom stereocenters. The van der Waals surface area contributed by atoms with Crippen molar-refractivity contribution < 1.29 is 10.2 Å². The molecular formula is C13H13ClN4O4. The quantitative estimate of drug-likeness (QED) is 0.345. The number of hydrogen-bond acceptors (Lipinski definition) is 6. The Morgan fingerprint density at radius 2 is 2.00 bits per heavy atom. The van der Waals surface area contributed by atoms with Crippen molar-refractivity contribution >= 4 is 17.8 Å². The zero-order chi connectivity index (χ0) is 16.1. The molecule has 0 fully saturated rings. The van der Waals surface area contributed by atoms with Crippen LogP contribution in [0.5, 0.6) is 5.88 Å². The molecule has 22 heavy (non-hydrogen) atoms. The lowest BCUT2D eigenvalue weighted by molar-refractivity contribution is 0.294. The summed E-state index contributed by atoms with van der Waals surface area (Å²) >= 11 is 5.78. The molecule has 2 aromatic rings. The Kier molecular flexibility index (Phi) is 4.97. The number of hydrogen-bond donors (Lipinski definition) is 4. The van der Waals surface area contributed by atoms with E-state index in [9.17, 15) is 14.7 Å². The smallest absolute Gasteiger partial charge is 0.335 e. The zero-order valence-electron chi connectivity index (χ0n) is 11.3. The number of hydrazone groups is 1. The van der Waals surface area contributed by atoms with Crippen LogP contribution in [0.15, 0.2) is 39.0 Å². The van der Waals surface area contributed by atoms with Gasteiger partial charge in [0.05, 0.1) is 25.1 Å². The number of aliphatic hydroxyl groups excluding tert-OH is 1. The third kappa shape index (κ3) is 3.35. The maximum absolute atomic E-state index is 11.9. The van der Waals surface area contributed by atoms with Gasteiger partial charge in [-0.15, -0.1) is 0 Å². The summed E-state index contributed by atoms with van der Waals surface area (Å²) < 4.78 is 0.922. The lowest BCUT2D eigenvalue weighted by Gasteiger charge is -2.09. The van der Waals surface area contributed by atoms with Crippen LogP contribution in [-0.4, -0.2) is 39.1 Å². The maximum atomic E-state index is 11.9. The van der Waals surface area contributed by atoms with E-state index in [-0.39, 0.29) is 18.7 Å². The minimum absolute atomic E-state index is 0.135. The summed E-state index contributed by atoms with van der Waals surface area (Å²) in [6.45, 7) is 0.0515. The Hall–Kier alpha value is -2.58. The van der Waals surface area contributed by atoms with Gasteiger partial charge >= 0.3 is 5.69 Å². The number of H-pyrrole nitrogens is 1. The summed E-state index contributed by atoms with van der Waals surface area (Å²) in [4.78, 5) is 25.7. The van der Waals surface area contributed by atoms with Crippen molar-refractivity contribution in [3.05, 3.63) is 55.7 Å². The van der Waals surface area contributed by atoms with Crippen LogP contribution in [0.1, 0.15) is 5.56 Å². The van der Waals surface area contributed by atoms with E-state index in [4.69, 9.17) is 16.7 Å². The van der Waals surface area contributed by atoms with Crippen molar-refractivity contribution in [1.29, 1.82) is 0 Å². The Balaban J connectivity index is 2.51. The Bertz CT molecular complexity index is 795. The molecule has 0 saturated carbocycles. The Labute approximate surface area is 129 Å². The highest BCUT2D eigenvalue weighted by Gasteiger charge is 2.14. The number of aliphatic hydroxyl groups is 1. The fourth-order valence-electron chi connectivity index (χ4n) is 1.71. The molecule has 1 heterocycles. The van der Waals surface area contributed by atoms with Gasteiger partial charge in [-0.2, -0.15) is 5.10 Å². The molecule has 0 bridgehead atoms. The molecule has 0 spiro atoms. The van der Waals surface area contributed by atoms with Crippen LogP contribution in [0.3, 0.4) is 0 Å². The molecule has 8 nitrogen and oxygen atoms in total. The van der Waals surface area contributed by atoms with Gasteiger partial charge < -0.3 is 15.6 Å². The SMILES string of the molecule is O=c1[nH]c(=O)n(-c2ccc(Cl)cc2)c(O)c1C=NNCCO. The second kappa shape index (κ2) is 6.92. The monoisotopic (exact) mass is 324 g/mol. The molecule has 2 rings (SSSR count). The standard InChI is InChI=1S/C13H13ClN4O4/c14-8-1-3-9(4-2-8)18-12(21)10(7-16-15-5-6-19)11(20)17-13(18)22/h1-4,7,15,19,21H,5-6H2,(H,17,20,22). The van der Waals surface area contributed by atoms with Gasteiger partial charge in [-0.05, 0) is 24.3 Å². The number of aromatic nitrogens is 2. The van der Waals surface area contributed by atoms with Gasteiger partial charge in [0.15, 0.2) is 0 Å². The minimum Gasteiger partial charge on any atom is -0.493 e. The molecule has 0 aliphatic carbocycles. The highest BCUT2D eigenvalue weighted by atomic mass is 35.5. The lowest BCUT2D eigenvalue weighted by Crippen LogP contribution is -2.31. The predicted molar refractivity (Wildman–Crippen MR) is 82.0 cm³/mol. The number of nitrogens with one attached hydrogen (secondary N) is 2. The molecule has 0 aliphatic heterocycles. The fraction of sp³-hybridized carbons (Fsp3) is 0.154. The van der Waals surface area contributed by atoms with E-state index in [1.54, 1.807) is 12.1 Å². The molecular weight excluding hydrogens is 312 g/mol. The van der Waals surface area contributed by atoms with E-state index in [1.165, 1.54) is 12.1 Å². The first-order valence-electron chi connectivity index (χ1n) is 6.25. The molecule has 0 aliphatic rings. The van der Waals surface area contributed by atoms with E-state index in [2.05, 4.69) is 15.5 Å². The first kappa shape index (κ1) is 15.8. The largest absolute Gasteiger partial charge is 0.493 e. The van der Waals surface area contributed by atoms with Crippen molar-refractivity contribution in [3.8, 4) is 11.6 Å². The van der Waals surface area contributed by atoms with Crippen molar-refractivity contribution in [2.24, 2.45) is 5.10 Å². The number of aromatic amines is 1. The van der Waals surface area contributed by atoms with Crippen LogP contribution < -0.4 is 16.7 Å². The van der Waals surface area contributed by atoms with Crippen LogP contribution in [0.2, 0.25) is 5.02 Å². The van der Waals surface area contributed by atoms with Crippen LogP contribution in [0, 0.1) is 0 Å². The van der Waals surface area contributed by atoms with Crippen LogP contribution in [-0.2, 0) is 0 Å². The zero-order valence-corrected chi connectivity index (χ0v) is 12.0. The summed E-state index contributed by atoms with van der Waals surface area (Å²) in [7, 11) is 0. The lowest BCUT2D eigenvalue weighted by atomic mass is 10.3. The second-order valence-electron chi connectivity index (χ2n) is 4.20. The van der Waals surface area contributed by atoms with Gasteiger partial charge in [0.25, 0.3) is 5.56 Å². The number of rotatable bonds is 5. The summed E-state index contributed by atoms with van der Waals surface area (Å²) in [5, 5.41) is 22.9. The van der Waals surface area contributed by atoms with Gasteiger partial charge in [0, 0.05) is 5.02 Å². The number of benzene rings is 1. The van der Waals surface area contributed by atoms with Crippen molar-refractivity contribution in [2.45, 2.75) is 0 Å². The first-order chi connectivity index (χ1) is 10.5. The van der Waals surface area contributed by atoms with Crippen LogP contribution >= 0.6 is 11.6 Å². The molecule has 1 aromatic carbocycles. The predicted octanol–water partition coefficient (Wildman–Crippen LogP) is -0.199. The topological polar surface area (TPSA) is 120 Å². The Morgan fingerprint density at radius 1 is 1.32 bits per heavy atom. The molecule has 4 N–H and O–H groups in total. The first-order valence-corrected chi connectivity index (χ1v) is 6.63. The van der Waals surface area contributed by atoms with Crippen molar-refractivity contribution in [2.75, 3.05) is 13.2 Å². The molecule has 0 unspecified atom stereocenters. The average Bonchev–Trinajstić information content (AvgIpc) is 2.48. The van der Waals surface area contributed by atoms with Crippen LogP contribution in [0.25, 0.3) is 5.69 Å². The van der Waals surface area contributed by atoms with Gasteiger partial charge in [0.2, 0.25) is 5.88 Å². The molecule has 9 heteroatoms. The second-order valence-corrected chi connectivity index (χ2v) is 4.63. The van der Waals surface area contributed by atoms with Gasteiger partial charge in [-0.1, -0.05) is 11.6 Å². The van der Waals surface area contributed by atoms with Crippen molar-refractivity contribution in [3.63, 3.8) is 0 Å². The maximum Gasteiger partial charge on any atom is 0.335 e. The Morgan fingerprint density at radius 3 is 2.64 bits per heavy atom. The molecule has 0 radical (unpaired) electrons. The van der Waals surface area contributed by atoms with E-state index in [0.717, 1.165) is 10.8 Å². The van der Waals surface area contributed by atoms with E-state index in [0.29, 0.717) is 10.7 Å². The number of aromatic hydroxyl groups is 1. The average molecular weight is 325 g/mol. The summed E-state index contributed by atoms with van der Waals surface area (Å²) in [5.41, 5.74) is 1.05. The van der Waals surface area contributed by atoms with Gasteiger partial charge in [0.1, 0.15) is 5.56 Å². The fourth-order valence-corrected chi connectivity index (χ4v) is 1.84. The van der Waals surface area contributed by atoms with Crippen LogP contribution in [0.4, 0.5) is 0 Å². The van der Waals surface area contributed by atoms with Gasteiger partial charge in [-0.25, -0.2) is 9.36 Å². The van der Waals surface area contributed by atoms with E-state index < -0.39 is 17.1 Å². The van der Waals surface area contributed by atoms with Crippen molar-refractivity contribution in [1.82, 2.24) is 15.0 Å². The highest BCUT2D eigenvalue weighted by Crippen LogP contribution is 2.17. The highest BCUT2D eigenvalue weighted by molar-refractivity contribution is 6.30. The van der Waals surface area contributed by atoms with E-state index in [1.807, 2.05) is 0 Å². The normalized spacial score (nSPS) is 11.0. The molecule has 0 saturated heterocycles. The minimum atomic E-state index is -0.787. The summed E-state index contributed by atoms with van der Waals surface area (Å²) in [5.74, 6) is -0.550. The molecule has 0 amide bonds.